The number of nitrogens with two attached hydrogens (primary N) is 1. The van der Waals surface area contributed by atoms with Crippen LogP contribution in [0.3, 0.4) is 0 Å². The maximum Gasteiger partial charge on any atom is 0.333 e. The highest BCUT2D eigenvalue weighted by atomic mass is 16.6. The molecule has 0 radical (unpaired) electrons. The van der Waals surface area contributed by atoms with Crippen LogP contribution in [0, 0.1) is 17.0 Å². The monoisotopic (exact) mass is 269 g/mol. The number of carbonyl (C=O) groups is 1. The van der Waals surface area contributed by atoms with Gasteiger partial charge in [0.05, 0.1) is 4.92 Å². The average molecular weight is 269 g/mol. The van der Waals surface area contributed by atoms with Crippen LogP contribution in [-0.2, 0) is 11.3 Å². The van der Waals surface area contributed by atoms with E-state index >= 15 is 0 Å². The molecule has 0 atom stereocenters. The Morgan fingerprint density at radius 3 is 2.79 bits per heavy atom. The minimum absolute atomic E-state index is 0.00692. The van der Waals surface area contributed by atoms with E-state index in [4.69, 9.17) is 5.73 Å². The van der Waals surface area contributed by atoms with Crippen LogP contribution in [0.4, 0.5) is 11.5 Å². The van der Waals surface area contributed by atoms with Crippen molar-refractivity contribution in [3.63, 3.8) is 0 Å². The Morgan fingerprint density at radius 1 is 1.58 bits per heavy atom. The average Bonchev–Trinajstić information content (AvgIpc) is 2.61. The van der Waals surface area contributed by atoms with Crippen LogP contribution < -0.4 is 11.1 Å². The lowest BCUT2D eigenvalue weighted by Gasteiger charge is -2.07. The summed E-state index contributed by atoms with van der Waals surface area (Å²) in [7, 11) is 0. The molecule has 1 rings (SSSR count). The summed E-state index contributed by atoms with van der Waals surface area (Å²) in [5.74, 6) is 0.0170. The summed E-state index contributed by atoms with van der Waals surface area (Å²) in [6.45, 7) is 4.63. The van der Waals surface area contributed by atoms with Gasteiger partial charge in [0.15, 0.2) is 0 Å². The topological polar surface area (TPSA) is 116 Å². The van der Waals surface area contributed by atoms with Gasteiger partial charge in [0, 0.05) is 19.5 Å². The van der Waals surface area contributed by atoms with Gasteiger partial charge in [0.25, 0.3) is 0 Å². The molecule has 19 heavy (non-hydrogen) atoms. The molecule has 0 fully saturated rings. The summed E-state index contributed by atoms with van der Waals surface area (Å²) in [4.78, 5) is 21.2. The molecule has 106 valence electrons. The molecule has 1 amide bonds. The number of aryl methyl sites for hydroxylation is 2. The van der Waals surface area contributed by atoms with E-state index in [1.165, 1.54) is 0 Å². The molecule has 0 aromatic carbocycles. The number of aromatic nitrogens is 2. The van der Waals surface area contributed by atoms with Crippen molar-refractivity contribution >= 4 is 17.4 Å². The molecule has 8 nitrogen and oxygen atoms in total. The van der Waals surface area contributed by atoms with Crippen molar-refractivity contribution in [2.24, 2.45) is 5.73 Å². The van der Waals surface area contributed by atoms with Crippen molar-refractivity contribution in [2.75, 3.05) is 11.9 Å². The summed E-state index contributed by atoms with van der Waals surface area (Å²) in [5, 5.41) is 18.2. The zero-order chi connectivity index (χ0) is 14.4. The minimum Gasteiger partial charge on any atom is -0.370 e. The third-order valence-electron chi connectivity index (χ3n) is 2.61. The molecular formula is C11H19N5O3. The van der Waals surface area contributed by atoms with E-state index in [9.17, 15) is 14.9 Å². The molecule has 0 spiro atoms. The molecule has 0 unspecified atom stereocenters. The number of anilines is 1. The van der Waals surface area contributed by atoms with E-state index in [0.717, 1.165) is 6.42 Å². The number of nitrogens with one attached hydrogen (secondary N) is 1. The van der Waals surface area contributed by atoms with Crippen molar-refractivity contribution in [3.8, 4) is 0 Å². The van der Waals surface area contributed by atoms with Gasteiger partial charge in [-0.15, -0.1) is 0 Å². The van der Waals surface area contributed by atoms with Crippen molar-refractivity contribution in [3.05, 3.63) is 15.8 Å². The van der Waals surface area contributed by atoms with E-state index in [2.05, 4.69) is 10.4 Å². The summed E-state index contributed by atoms with van der Waals surface area (Å²) < 4.78 is 1.59. The number of rotatable bonds is 8. The van der Waals surface area contributed by atoms with Crippen molar-refractivity contribution in [1.29, 1.82) is 0 Å². The number of hydrogen-bond acceptors (Lipinski definition) is 5. The van der Waals surface area contributed by atoms with Gasteiger partial charge in [0.2, 0.25) is 11.7 Å². The second kappa shape index (κ2) is 6.72. The molecule has 0 aliphatic carbocycles. The van der Waals surface area contributed by atoms with Crippen molar-refractivity contribution in [1.82, 2.24) is 9.78 Å². The van der Waals surface area contributed by atoms with Crippen LogP contribution in [-0.4, -0.2) is 27.2 Å². The molecule has 3 N–H and O–H groups in total. The van der Waals surface area contributed by atoms with Gasteiger partial charge in [-0.25, -0.2) is 4.68 Å². The second-order valence-electron chi connectivity index (χ2n) is 4.26. The molecular weight excluding hydrogens is 250 g/mol. The Bertz CT molecular complexity index is 469. The standard InChI is InChI=1S/C11H19N5O3/c1-3-7-15-11(13-6-4-5-9(12)17)10(16(18)19)8(2)14-15/h13H,3-7H2,1-2H3,(H2,12,17). The zero-order valence-corrected chi connectivity index (χ0v) is 11.2. The number of primary amides is 1. The first-order valence-corrected chi connectivity index (χ1v) is 6.21. The molecule has 0 saturated heterocycles. The summed E-state index contributed by atoms with van der Waals surface area (Å²) in [5.41, 5.74) is 5.42. The Kier molecular flexibility index (Phi) is 5.28. The van der Waals surface area contributed by atoms with Crippen LogP contribution in [0.15, 0.2) is 0 Å². The van der Waals surface area contributed by atoms with E-state index in [1.807, 2.05) is 6.92 Å². The van der Waals surface area contributed by atoms with Gasteiger partial charge < -0.3 is 11.1 Å². The van der Waals surface area contributed by atoms with E-state index in [-0.39, 0.29) is 18.0 Å². The van der Waals surface area contributed by atoms with Gasteiger partial charge in [-0.3, -0.25) is 14.9 Å². The molecule has 1 aromatic heterocycles. The predicted molar refractivity (Wildman–Crippen MR) is 70.8 cm³/mol. The maximum absolute atomic E-state index is 11.0. The Balaban J connectivity index is 2.82. The molecule has 0 bridgehead atoms. The maximum atomic E-state index is 11.0. The molecule has 8 heteroatoms. The first-order chi connectivity index (χ1) is 8.97. The highest BCUT2D eigenvalue weighted by Gasteiger charge is 2.24. The summed E-state index contributed by atoms with van der Waals surface area (Å²) in [6.07, 6.45) is 1.61. The number of hydrogen-bond donors (Lipinski definition) is 2. The third kappa shape index (κ3) is 3.94. The van der Waals surface area contributed by atoms with Crippen molar-refractivity contribution < 1.29 is 9.72 Å². The van der Waals surface area contributed by atoms with Crippen molar-refractivity contribution in [2.45, 2.75) is 39.7 Å². The Labute approximate surface area is 111 Å². The van der Waals surface area contributed by atoms with E-state index in [1.54, 1.807) is 11.6 Å². The number of carbonyl (C=O) groups excluding carboxylic acids is 1. The first kappa shape index (κ1) is 14.9. The second-order valence-corrected chi connectivity index (χ2v) is 4.26. The molecule has 1 aromatic rings. The van der Waals surface area contributed by atoms with Gasteiger partial charge in [-0.05, 0) is 19.8 Å². The van der Waals surface area contributed by atoms with Gasteiger partial charge in [-0.1, -0.05) is 6.92 Å². The predicted octanol–water partition coefficient (Wildman–Crippen LogP) is 1.19. The molecule has 0 aliphatic rings. The Morgan fingerprint density at radius 2 is 2.26 bits per heavy atom. The van der Waals surface area contributed by atoms with Gasteiger partial charge in [-0.2, -0.15) is 5.10 Å². The summed E-state index contributed by atoms with van der Waals surface area (Å²) in [6, 6.07) is 0. The normalized spacial score (nSPS) is 10.4. The molecule has 1 heterocycles. The third-order valence-corrected chi connectivity index (χ3v) is 2.61. The largest absolute Gasteiger partial charge is 0.370 e. The van der Waals surface area contributed by atoms with E-state index < -0.39 is 4.92 Å². The lowest BCUT2D eigenvalue weighted by molar-refractivity contribution is -0.384. The van der Waals surface area contributed by atoms with Gasteiger partial charge >= 0.3 is 5.69 Å². The van der Waals surface area contributed by atoms with E-state index in [0.29, 0.717) is 31.0 Å². The lowest BCUT2D eigenvalue weighted by atomic mass is 10.3. The highest BCUT2D eigenvalue weighted by Crippen LogP contribution is 2.28. The minimum atomic E-state index is -0.440. The first-order valence-electron chi connectivity index (χ1n) is 6.21. The number of nitro groups is 1. The number of amides is 1. The van der Waals surface area contributed by atoms with Crippen LogP contribution in [0.5, 0.6) is 0 Å². The molecule has 0 saturated carbocycles. The quantitative estimate of drug-likeness (QED) is 0.417. The fraction of sp³-hybridized carbons (Fsp3) is 0.636. The fourth-order valence-corrected chi connectivity index (χ4v) is 1.81. The van der Waals surface area contributed by atoms with Crippen LogP contribution in [0.25, 0.3) is 0 Å². The lowest BCUT2D eigenvalue weighted by Crippen LogP contribution is -2.14. The SMILES string of the molecule is CCCn1nc(C)c([N+](=O)[O-])c1NCCCC(N)=O. The van der Waals surface area contributed by atoms with Crippen LogP contribution >= 0.6 is 0 Å². The fourth-order valence-electron chi connectivity index (χ4n) is 1.81. The smallest absolute Gasteiger partial charge is 0.333 e. The zero-order valence-electron chi connectivity index (χ0n) is 11.2. The summed E-state index contributed by atoms with van der Waals surface area (Å²) >= 11 is 0. The molecule has 0 aliphatic heterocycles. The number of nitrogens with zero attached hydrogens (tertiary/aromatic N) is 3. The van der Waals surface area contributed by atoms with Crippen LogP contribution in [0.2, 0.25) is 0 Å². The Hall–Kier alpha value is -2.12. The van der Waals surface area contributed by atoms with Crippen LogP contribution in [0.1, 0.15) is 31.9 Å². The highest BCUT2D eigenvalue weighted by molar-refractivity contribution is 5.73. The van der Waals surface area contributed by atoms with Gasteiger partial charge in [0.1, 0.15) is 5.69 Å².